The molecule has 2 heterocycles. The molecule has 1 aromatic heterocycles. The Kier molecular flexibility index (Phi) is 4.21. The monoisotopic (exact) mass is 325 g/mol. The summed E-state index contributed by atoms with van der Waals surface area (Å²) in [6.45, 7) is 2.88. The third kappa shape index (κ3) is 3.44. The highest BCUT2D eigenvalue weighted by molar-refractivity contribution is 5.71. The average Bonchev–Trinajstić information content (AvgIpc) is 2.55. The summed E-state index contributed by atoms with van der Waals surface area (Å²) in [7, 11) is 0. The van der Waals surface area contributed by atoms with Gasteiger partial charge < -0.3 is 10.2 Å². The van der Waals surface area contributed by atoms with E-state index in [4.69, 9.17) is 0 Å². The van der Waals surface area contributed by atoms with Gasteiger partial charge in [-0.1, -0.05) is 12.1 Å². The van der Waals surface area contributed by atoms with Gasteiger partial charge >= 0.3 is 6.18 Å². The van der Waals surface area contributed by atoms with Crippen LogP contribution in [0.2, 0.25) is 0 Å². The molecule has 1 aliphatic rings. The van der Waals surface area contributed by atoms with E-state index >= 15 is 0 Å². The highest BCUT2D eigenvalue weighted by Crippen LogP contribution is 2.38. The molecule has 0 aliphatic carbocycles. The third-order valence-electron chi connectivity index (χ3n) is 3.79. The lowest BCUT2D eigenvalue weighted by molar-refractivity contribution is -0.137. The summed E-state index contributed by atoms with van der Waals surface area (Å²) in [5, 5.41) is 3.18. The van der Waals surface area contributed by atoms with E-state index in [-0.39, 0.29) is 5.56 Å². The molecule has 1 fully saturated rings. The number of nitrogens with one attached hydrogen (secondary N) is 1. The van der Waals surface area contributed by atoms with Crippen LogP contribution in [-0.2, 0) is 6.18 Å². The maximum absolute atomic E-state index is 13.2. The zero-order valence-electron chi connectivity index (χ0n) is 12.2. The molecule has 0 saturated carbocycles. The van der Waals surface area contributed by atoms with Crippen LogP contribution in [0.15, 0.2) is 36.5 Å². The first-order valence-electron chi connectivity index (χ1n) is 7.24. The summed E-state index contributed by atoms with van der Waals surface area (Å²) in [5.41, 5.74) is -0.485. The van der Waals surface area contributed by atoms with Gasteiger partial charge in [0.25, 0.3) is 0 Å². The number of benzene rings is 1. The van der Waals surface area contributed by atoms with E-state index in [9.17, 15) is 17.6 Å². The molecule has 3 nitrogen and oxygen atoms in total. The number of rotatable bonds is 2. The zero-order valence-corrected chi connectivity index (χ0v) is 12.2. The molecule has 1 aliphatic heterocycles. The lowest BCUT2D eigenvalue weighted by Crippen LogP contribution is -2.43. The highest BCUT2D eigenvalue weighted by Gasteiger charge is 2.34. The third-order valence-corrected chi connectivity index (χ3v) is 3.79. The minimum Gasteiger partial charge on any atom is -0.354 e. The highest BCUT2D eigenvalue weighted by atomic mass is 19.4. The number of nitrogens with zero attached hydrogens (tertiary/aromatic N) is 2. The van der Waals surface area contributed by atoms with Crippen LogP contribution < -0.4 is 10.2 Å². The topological polar surface area (TPSA) is 28.2 Å². The number of piperazine rings is 1. The van der Waals surface area contributed by atoms with E-state index in [1.165, 1.54) is 18.2 Å². The molecule has 23 heavy (non-hydrogen) atoms. The minimum atomic E-state index is -4.52. The number of anilines is 1. The predicted octanol–water partition coefficient (Wildman–Crippen LogP) is 3.32. The largest absolute Gasteiger partial charge is 0.418 e. The second-order valence-corrected chi connectivity index (χ2v) is 5.33. The average molecular weight is 325 g/mol. The Labute approximate surface area is 130 Å². The summed E-state index contributed by atoms with van der Waals surface area (Å²) < 4.78 is 52.8. The standard InChI is InChI=1S/C16H15F4N3/c17-12-3-1-11(2-4-12)13-9-15(23-7-5-21-6-8-23)22-10-14(13)16(18,19)20/h1-4,9-10,21H,5-8H2. The molecule has 1 saturated heterocycles. The van der Waals surface area contributed by atoms with Crippen molar-refractivity contribution in [2.24, 2.45) is 0 Å². The quantitative estimate of drug-likeness (QED) is 0.859. The van der Waals surface area contributed by atoms with E-state index in [2.05, 4.69) is 10.3 Å². The second-order valence-electron chi connectivity index (χ2n) is 5.33. The predicted molar refractivity (Wildman–Crippen MR) is 79.7 cm³/mol. The molecule has 1 N–H and O–H groups in total. The molecule has 122 valence electrons. The molecular weight excluding hydrogens is 310 g/mol. The van der Waals surface area contributed by atoms with Gasteiger partial charge in [-0.2, -0.15) is 13.2 Å². The maximum atomic E-state index is 13.2. The second kappa shape index (κ2) is 6.16. The number of aromatic nitrogens is 1. The van der Waals surface area contributed by atoms with E-state index in [1.54, 1.807) is 0 Å². The lowest BCUT2D eigenvalue weighted by atomic mass is 10.0. The van der Waals surface area contributed by atoms with Crippen molar-refractivity contribution in [1.82, 2.24) is 10.3 Å². The van der Waals surface area contributed by atoms with Crippen molar-refractivity contribution in [3.05, 3.63) is 47.9 Å². The lowest BCUT2D eigenvalue weighted by Gasteiger charge is -2.29. The first-order chi connectivity index (χ1) is 10.9. The number of hydrogen-bond donors (Lipinski definition) is 1. The number of pyridine rings is 1. The summed E-state index contributed by atoms with van der Waals surface area (Å²) in [4.78, 5) is 5.91. The van der Waals surface area contributed by atoms with Crippen LogP contribution in [0, 0.1) is 5.82 Å². The smallest absolute Gasteiger partial charge is 0.354 e. The van der Waals surface area contributed by atoms with Crippen LogP contribution in [0.25, 0.3) is 11.1 Å². The molecule has 1 aromatic carbocycles. The Hall–Kier alpha value is -2.15. The molecule has 0 unspecified atom stereocenters. The zero-order chi connectivity index (χ0) is 16.4. The van der Waals surface area contributed by atoms with E-state index < -0.39 is 17.6 Å². The fourth-order valence-corrected chi connectivity index (χ4v) is 2.61. The Morgan fingerprint density at radius 3 is 2.30 bits per heavy atom. The van der Waals surface area contributed by atoms with Crippen molar-refractivity contribution in [2.45, 2.75) is 6.18 Å². The Balaban J connectivity index is 2.06. The van der Waals surface area contributed by atoms with Gasteiger partial charge in [0.15, 0.2) is 0 Å². The SMILES string of the molecule is Fc1ccc(-c2cc(N3CCNCC3)ncc2C(F)(F)F)cc1. The molecule has 0 spiro atoms. The van der Waals surface area contributed by atoms with Crippen molar-refractivity contribution >= 4 is 5.82 Å². The van der Waals surface area contributed by atoms with Crippen molar-refractivity contribution in [1.29, 1.82) is 0 Å². The fourth-order valence-electron chi connectivity index (χ4n) is 2.61. The Morgan fingerprint density at radius 1 is 1.04 bits per heavy atom. The van der Waals surface area contributed by atoms with Gasteiger partial charge in [-0.25, -0.2) is 9.37 Å². The Morgan fingerprint density at radius 2 is 1.70 bits per heavy atom. The van der Waals surface area contributed by atoms with Crippen molar-refractivity contribution in [2.75, 3.05) is 31.1 Å². The molecule has 0 amide bonds. The van der Waals surface area contributed by atoms with E-state index in [0.29, 0.717) is 24.5 Å². The maximum Gasteiger partial charge on any atom is 0.418 e. The van der Waals surface area contributed by atoms with Crippen LogP contribution in [0.1, 0.15) is 5.56 Å². The van der Waals surface area contributed by atoms with Crippen molar-refractivity contribution in [3.63, 3.8) is 0 Å². The molecule has 3 rings (SSSR count). The van der Waals surface area contributed by atoms with Gasteiger partial charge in [0.05, 0.1) is 5.56 Å². The molecule has 0 radical (unpaired) electrons. The van der Waals surface area contributed by atoms with Crippen molar-refractivity contribution < 1.29 is 17.6 Å². The van der Waals surface area contributed by atoms with Gasteiger partial charge in [-0.3, -0.25) is 0 Å². The Bertz CT molecular complexity index is 677. The molecule has 7 heteroatoms. The molecular formula is C16H15F4N3. The summed E-state index contributed by atoms with van der Waals surface area (Å²) in [6, 6.07) is 6.44. The van der Waals surface area contributed by atoms with Crippen molar-refractivity contribution in [3.8, 4) is 11.1 Å². The van der Waals surface area contributed by atoms with Crippen LogP contribution >= 0.6 is 0 Å². The summed E-state index contributed by atoms with van der Waals surface area (Å²) in [5.74, 6) is 0.0116. The number of alkyl halides is 3. The first-order valence-corrected chi connectivity index (χ1v) is 7.24. The van der Waals surface area contributed by atoms with Crippen LogP contribution in [0.5, 0.6) is 0 Å². The van der Waals surface area contributed by atoms with Crippen LogP contribution in [0.3, 0.4) is 0 Å². The van der Waals surface area contributed by atoms with Crippen LogP contribution in [-0.4, -0.2) is 31.2 Å². The normalized spacial score (nSPS) is 15.7. The van der Waals surface area contributed by atoms with Gasteiger partial charge in [-0.15, -0.1) is 0 Å². The van der Waals surface area contributed by atoms with Gasteiger partial charge in [0, 0.05) is 32.4 Å². The molecule has 2 aromatic rings. The van der Waals surface area contributed by atoms with E-state index in [1.807, 2.05) is 4.90 Å². The van der Waals surface area contributed by atoms with E-state index in [0.717, 1.165) is 31.4 Å². The molecule has 0 atom stereocenters. The molecule has 0 bridgehead atoms. The number of hydrogen-bond acceptors (Lipinski definition) is 3. The number of halogens is 4. The first kappa shape index (κ1) is 15.7. The summed E-state index contributed by atoms with van der Waals surface area (Å²) in [6.07, 6.45) is -3.66. The van der Waals surface area contributed by atoms with Gasteiger partial charge in [0.1, 0.15) is 11.6 Å². The fraction of sp³-hybridized carbons (Fsp3) is 0.312. The van der Waals surface area contributed by atoms with Gasteiger partial charge in [-0.05, 0) is 29.3 Å². The minimum absolute atomic E-state index is 0.0148. The summed E-state index contributed by atoms with van der Waals surface area (Å²) >= 11 is 0. The van der Waals surface area contributed by atoms with Gasteiger partial charge in [0.2, 0.25) is 0 Å². The van der Waals surface area contributed by atoms with Crippen LogP contribution in [0.4, 0.5) is 23.4 Å².